The molecule has 1 aliphatic rings. The van der Waals surface area contributed by atoms with Gasteiger partial charge in [0.15, 0.2) is 11.6 Å². The standard InChI is InChI=1S/C13H20FN3O3S/c1-17-4-3-9(8-17)7-16-21(18,19)10-5-11(14)13(20-2)12(15)6-10/h5-6,9,16H,3-4,7-8,15H2,1-2H3. The maximum absolute atomic E-state index is 13.7. The molecule has 21 heavy (non-hydrogen) atoms. The van der Waals surface area contributed by atoms with E-state index in [0.717, 1.165) is 25.6 Å². The predicted molar refractivity (Wildman–Crippen MR) is 78.2 cm³/mol. The van der Waals surface area contributed by atoms with Crippen LogP contribution >= 0.6 is 0 Å². The summed E-state index contributed by atoms with van der Waals surface area (Å²) < 4.78 is 45.4. The van der Waals surface area contributed by atoms with Crippen LogP contribution in [0.25, 0.3) is 0 Å². The Balaban J connectivity index is 2.12. The number of nitrogens with two attached hydrogens (primary N) is 1. The minimum absolute atomic E-state index is 0.0431. The van der Waals surface area contributed by atoms with Gasteiger partial charge in [0.2, 0.25) is 10.0 Å². The third-order valence-corrected chi connectivity index (χ3v) is 5.01. The molecule has 1 saturated heterocycles. The Hall–Kier alpha value is -1.38. The fraction of sp³-hybridized carbons (Fsp3) is 0.538. The van der Waals surface area contributed by atoms with E-state index in [1.165, 1.54) is 13.2 Å². The van der Waals surface area contributed by atoms with Crippen molar-refractivity contribution in [2.75, 3.05) is 39.5 Å². The average molecular weight is 317 g/mol. The number of rotatable bonds is 5. The molecule has 1 heterocycles. The van der Waals surface area contributed by atoms with E-state index in [9.17, 15) is 12.8 Å². The largest absolute Gasteiger partial charge is 0.492 e. The van der Waals surface area contributed by atoms with Crippen LogP contribution in [0.5, 0.6) is 5.75 Å². The summed E-state index contributed by atoms with van der Waals surface area (Å²) in [5.74, 6) is -0.671. The summed E-state index contributed by atoms with van der Waals surface area (Å²) >= 11 is 0. The molecule has 0 bridgehead atoms. The van der Waals surface area contributed by atoms with Gasteiger partial charge in [0.1, 0.15) is 0 Å². The van der Waals surface area contributed by atoms with Gasteiger partial charge in [-0.2, -0.15) is 0 Å². The SMILES string of the molecule is COc1c(N)cc(S(=O)(=O)NCC2CCN(C)C2)cc1F. The molecule has 0 spiro atoms. The first kappa shape index (κ1) is 16.0. The molecule has 118 valence electrons. The lowest BCUT2D eigenvalue weighted by Gasteiger charge is -2.13. The van der Waals surface area contributed by atoms with Crippen molar-refractivity contribution in [2.45, 2.75) is 11.3 Å². The van der Waals surface area contributed by atoms with Crippen LogP contribution in [0, 0.1) is 11.7 Å². The molecule has 1 atom stereocenters. The summed E-state index contributed by atoms with van der Waals surface area (Å²) in [7, 11) is -0.510. The first-order valence-electron chi connectivity index (χ1n) is 6.64. The first-order chi connectivity index (χ1) is 9.83. The number of hydrogen-bond acceptors (Lipinski definition) is 5. The molecule has 1 aromatic carbocycles. The second-order valence-electron chi connectivity index (χ2n) is 5.30. The number of nitrogen functional groups attached to an aromatic ring is 1. The van der Waals surface area contributed by atoms with E-state index < -0.39 is 15.8 Å². The molecular formula is C13H20FN3O3S. The van der Waals surface area contributed by atoms with Crippen molar-refractivity contribution in [1.29, 1.82) is 0 Å². The Morgan fingerprint density at radius 3 is 2.76 bits per heavy atom. The Labute approximate surface area is 124 Å². The monoisotopic (exact) mass is 317 g/mol. The zero-order valence-corrected chi connectivity index (χ0v) is 12.9. The number of anilines is 1. The molecule has 1 unspecified atom stereocenters. The quantitative estimate of drug-likeness (QED) is 0.779. The number of nitrogens with one attached hydrogen (secondary N) is 1. The van der Waals surface area contributed by atoms with Gasteiger partial charge in [-0.15, -0.1) is 0 Å². The van der Waals surface area contributed by atoms with Gasteiger partial charge >= 0.3 is 0 Å². The fourth-order valence-electron chi connectivity index (χ4n) is 2.46. The molecule has 0 aliphatic carbocycles. The zero-order chi connectivity index (χ0) is 15.6. The van der Waals surface area contributed by atoms with Crippen LogP contribution in [-0.4, -0.2) is 47.1 Å². The molecule has 0 radical (unpaired) electrons. The number of hydrogen-bond donors (Lipinski definition) is 2. The van der Waals surface area contributed by atoms with Crippen LogP contribution < -0.4 is 15.2 Å². The zero-order valence-electron chi connectivity index (χ0n) is 12.1. The number of sulfonamides is 1. The lowest BCUT2D eigenvalue weighted by Crippen LogP contribution is -2.30. The van der Waals surface area contributed by atoms with Crippen LogP contribution in [0.1, 0.15) is 6.42 Å². The summed E-state index contributed by atoms with van der Waals surface area (Å²) in [6, 6.07) is 2.11. The molecule has 0 amide bonds. The van der Waals surface area contributed by atoms with Gasteiger partial charge in [0.05, 0.1) is 17.7 Å². The van der Waals surface area contributed by atoms with Crippen LogP contribution in [0.15, 0.2) is 17.0 Å². The Morgan fingerprint density at radius 1 is 1.52 bits per heavy atom. The van der Waals surface area contributed by atoms with Gasteiger partial charge in [-0.25, -0.2) is 17.5 Å². The number of likely N-dealkylation sites (tertiary alicyclic amines) is 1. The number of ether oxygens (including phenoxy) is 1. The van der Waals surface area contributed by atoms with Crippen LogP contribution in [0.2, 0.25) is 0 Å². The van der Waals surface area contributed by atoms with E-state index in [4.69, 9.17) is 10.5 Å². The van der Waals surface area contributed by atoms with Crippen molar-refractivity contribution >= 4 is 15.7 Å². The Kier molecular flexibility index (Phi) is 4.70. The molecule has 3 N–H and O–H groups in total. The maximum atomic E-state index is 13.7. The van der Waals surface area contributed by atoms with Crippen LogP contribution in [0.4, 0.5) is 10.1 Å². The second-order valence-corrected chi connectivity index (χ2v) is 7.06. The van der Waals surface area contributed by atoms with Crippen molar-refractivity contribution < 1.29 is 17.5 Å². The summed E-state index contributed by atoms with van der Waals surface area (Å²) in [5, 5.41) is 0. The molecule has 2 rings (SSSR count). The van der Waals surface area contributed by atoms with Crippen molar-refractivity contribution in [3.05, 3.63) is 17.9 Å². The van der Waals surface area contributed by atoms with Crippen LogP contribution in [0.3, 0.4) is 0 Å². The van der Waals surface area contributed by atoms with Crippen molar-refractivity contribution in [3.63, 3.8) is 0 Å². The third-order valence-electron chi connectivity index (χ3n) is 3.61. The smallest absolute Gasteiger partial charge is 0.240 e. The molecule has 0 aromatic heterocycles. The van der Waals surface area contributed by atoms with E-state index in [-0.39, 0.29) is 22.3 Å². The van der Waals surface area contributed by atoms with Gasteiger partial charge in [-0.1, -0.05) is 0 Å². The van der Waals surface area contributed by atoms with Gasteiger partial charge in [-0.3, -0.25) is 0 Å². The minimum Gasteiger partial charge on any atom is -0.492 e. The molecule has 0 saturated carbocycles. The maximum Gasteiger partial charge on any atom is 0.240 e. The normalized spacial score (nSPS) is 19.9. The highest BCUT2D eigenvalue weighted by molar-refractivity contribution is 7.89. The first-order valence-corrected chi connectivity index (χ1v) is 8.13. The summed E-state index contributed by atoms with van der Waals surface area (Å²) in [6.45, 7) is 2.14. The number of benzene rings is 1. The highest BCUT2D eigenvalue weighted by Crippen LogP contribution is 2.28. The van der Waals surface area contributed by atoms with Crippen molar-refractivity contribution in [2.24, 2.45) is 5.92 Å². The highest BCUT2D eigenvalue weighted by Gasteiger charge is 2.23. The average Bonchev–Trinajstić information content (AvgIpc) is 2.82. The third kappa shape index (κ3) is 3.63. The summed E-state index contributed by atoms with van der Waals surface area (Å²) in [6.07, 6.45) is 0.943. The van der Waals surface area contributed by atoms with Crippen molar-refractivity contribution in [3.8, 4) is 5.75 Å². The summed E-state index contributed by atoms with van der Waals surface area (Å²) in [5.41, 5.74) is 5.56. The molecule has 6 nitrogen and oxygen atoms in total. The lowest BCUT2D eigenvalue weighted by molar-refractivity contribution is 0.388. The van der Waals surface area contributed by atoms with Gasteiger partial charge < -0.3 is 15.4 Å². The Bertz CT molecular complexity index is 598. The van der Waals surface area contributed by atoms with E-state index in [2.05, 4.69) is 9.62 Å². The summed E-state index contributed by atoms with van der Waals surface area (Å²) in [4.78, 5) is 1.95. The second kappa shape index (κ2) is 6.17. The van der Waals surface area contributed by atoms with Gasteiger partial charge in [0.25, 0.3) is 0 Å². The van der Waals surface area contributed by atoms with E-state index in [1.54, 1.807) is 0 Å². The highest BCUT2D eigenvalue weighted by atomic mass is 32.2. The predicted octanol–water partition coefficient (Wildman–Crippen LogP) is 0.646. The number of methoxy groups -OCH3 is 1. The molecule has 1 fully saturated rings. The Morgan fingerprint density at radius 2 is 2.24 bits per heavy atom. The molecule has 8 heteroatoms. The molecular weight excluding hydrogens is 297 g/mol. The lowest BCUT2D eigenvalue weighted by atomic mass is 10.1. The molecule has 1 aliphatic heterocycles. The van der Waals surface area contributed by atoms with E-state index in [0.29, 0.717) is 6.54 Å². The fourth-order valence-corrected chi connectivity index (χ4v) is 3.63. The number of halogens is 1. The molecule has 1 aromatic rings. The van der Waals surface area contributed by atoms with Gasteiger partial charge in [-0.05, 0) is 38.1 Å². The topological polar surface area (TPSA) is 84.7 Å². The van der Waals surface area contributed by atoms with Crippen LogP contribution in [-0.2, 0) is 10.0 Å². The minimum atomic E-state index is -3.78. The van der Waals surface area contributed by atoms with E-state index >= 15 is 0 Å². The van der Waals surface area contributed by atoms with Gasteiger partial charge in [0, 0.05) is 13.1 Å². The van der Waals surface area contributed by atoms with Crippen molar-refractivity contribution in [1.82, 2.24) is 9.62 Å². The number of nitrogens with zero attached hydrogens (tertiary/aromatic N) is 1. The van der Waals surface area contributed by atoms with E-state index in [1.807, 2.05) is 7.05 Å².